The summed E-state index contributed by atoms with van der Waals surface area (Å²) in [6.07, 6.45) is 0. The molecule has 8 heavy (non-hydrogen) atoms. The molecule has 0 spiro atoms. The molecule has 0 N–H and O–H groups in total. The van der Waals surface area contributed by atoms with Gasteiger partial charge >= 0.3 is 51.4 Å². The SMILES string of the molecule is C.F.[B].[H-].[K+].[U].[V].[W].[Y]. The molecule has 0 amide bonds. The first kappa shape index (κ1) is 74.2. The summed E-state index contributed by atoms with van der Waals surface area (Å²) in [7, 11) is 0. The molecule has 0 saturated carbocycles. The second kappa shape index (κ2) is 57.6. The molecule has 0 nitrogen and oxygen atoms in total. The summed E-state index contributed by atoms with van der Waals surface area (Å²) in [5.74, 6) is 0. The van der Waals surface area contributed by atoms with Gasteiger partial charge in [0, 0.05) is 112 Å². The average Bonchev–Trinajstić information content (AvgIpc) is 0. The van der Waals surface area contributed by atoms with Gasteiger partial charge in [0.2, 0.25) is 0 Å². The van der Waals surface area contributed by atoms with Gasteiger partial charge in [-0.2, -0.15) is 0 Å². The smallest absolute Gasteiger partial charge is 1.00 e. The molecule has 0 bridgehead atoms. The van der Waals surface area contributed by atoms with E-state index in [0.29, 0.717) is 0 Å². The monoisotopic (exact) mass is 649 g/mol. The van der Waals surface area contributed by atoms with Gasteiger partial charge in [0.05, 0.1) is 0 Å². The molecule has 0 atom stereocenters. The van der Waals surface area contributed by atoms with Crippen molar-refractivity contribution >= 4 is 8.41 Å². The fourth-order valence-electron chi connectivity index (χ4n) is 0. The van der Waals surface area contributed by atoms with Gasteiger partial charge in [-0.25, -0.2) is 0 Å². The Labute approximate surface area is 172 Å². The van der Waals surface area contributed by atoms with Crippen molar-refractivity contribution in [2.24, 2.45) is 0 Å². The van der Waals surface area contributed by atoms with Crippen molar-refractivity contribution in [2.45, 2.75) is 7.43 Å². The molecule has 0 aromatic rings. The van der Waals surface area contributed by atoms with Gasteiger partial charge in [-0.15, -0.1) is 0 Å². The van der Waals surface area contributed by atoms with Crippen LogP contribution in [0.25, 0.3) is 0 Å². The Morgan fingerprint density at radius 3 is 1.12 bits per heavy atom. The van der Waals surface area contributed by atoms with Crippen LogP contribution in [0.15, 0.2) is 0 Å². The summed E-state index contributed by atoms with van der Waals surface area (Å²) in [5.41, 5.74) is 0. The minimum atomic E-state index is 0. The van der Waals surface area contributed by atoms with Gasteiger partial charge in [0.25, 0.3) is 0 Å². The normalized spacial score (nSPS) is 0. The van der Waals surface area contributed by atoms with Crippen LogP contribution in [0.3, 0.4) is 0 Å². The number of hydrogen-bond donors (Lipinski definition) is 0. The summed E-state index contributed by atoms with van der Waals surface area (Å²) < 4.78 is 0. The topological polar surface area (TPSA) is 0 Å². The molecule has 39 valence electrons. The molecule has 0 saturated heterocycles. The summed E-state index contributed by atoms with van der Waals surface area (Å²) in [6, 6.07) is 0. The fourth-order valence-corrected chi connectivity index (χ4v) is 0. The van der Waals surface area contributed by atoms with E-state index in [0.717, 1.165) is 0 Å². The van der Waals surface area contributed by atoms with E-state index in [1.54, 1.807) is 0 Å². The van der Waals surface area contributed by atoms with E-state index in [2.05, 4.69) is 0 Å². The zero-order valence-corrected chi connectivity index (χ0v) is 18.4. The van der Waals surface area contributed by atoms with Crippen molar-refractivity contribution in [1.29, 1.82) is 0 Å². The van der Waals surface area contributed by atoms with Crippen LogP contribution >= 0.6 is 0 Å². The number of halogens is 1. The van der Waals surface area contributed by atoms with Crippen LogP contribution < -0.4 is 51.4 Å². The van der Waals surface area contributed by atoms with Crippen LogP contribution in [-0.2, 0) is 72.3 Å². The minimum absolute atomic E-state index is 0. The average molecular weight is 649 g/mol. The van der Waals surface area contributed by atoms with Gasteiger partial charge in [-0.05, 0) is 0 Å². The van der Waals surface area contributed by atoms with Crippen LogP contribution in [0, 0.1) is 31.1 Å². The van der Waals surface area contributed by atoms with E-state index in [4.69, 9.17) is 0 Å². The molecule has 0 rings (SSSR count). The molecule has 0 heterocycles. The van der Waals surface area contributed by atoms with E-state index in [9.17, 15) is 0 Å². The third-order valence-corrected chi connectivity index (χ3v) is 0. The molecular weight excluding hydrogens is 643 g/mol. The van der Waals surface area contributed by atoms with Crippen molar-refractivity contribution in [1.82, 2.24) is 0 Å². The van der Waals surface area contributed by atoms with Crippen molar-refractivity contribution in [3.8, 4) is 0 Å². The molecule has 0 aromatic carbocycles. The second-order valence-corrected chi connectivity index (χ2v) is 0. The second-order valence-electron chi connectivity index (χ2n) is 0. The van der Waals surface area contributed by atoms with Gasteiger partial charge in [-0.3, -0.25) is 4.70 Å². The minimum Gasteiger partial charge on any atom is -1.00 e. The standard InChI is InChI=1S/CH4.B.FH.K.U.V.W.Y.H/h1H4;;1H;;;;;;/q;;;+1;;;;;-1. The number of hydrogen-bond acceptors (Lipinski definition) is 0. The quantitative estimate of drug-likeness (QED) is 0.256. The predicted octanol–water partition coefficient (Wildman–Crippen LogP) is -2.48. The first-order valence-corrected chi connectivity index (χ1v) is 0. The van der Waals surface area contributed by atoms with Gasteiger partial charge in [0.15, 0.2) is 0 Å². The molecule has 0 fully saturated rings. The summed E-state index contributed by atoms with van der Waals surface area (Å²) in [5, 5.41) is 0. The summed E-state index contributed by atoms with van der Waals surface area (Å²) in [6.45, 7) is 0. The fraction of sp³-hybridized carbons (Fsp3) is 1.00. The van der Waals surface area contributed by atoms with E-state index < -0.39 is 0 Å². The van der Waals surface area contributed by atoms with Crippen molar-refractivity contribution in [2.75, 3.05) is 0 Å². The maximum atomic E-state index is 0. The van der Waals surface area contributed by atoms with E-state index in [1.807, 2.05) is 0 Å². The van der Waals surface area contributed by atoms with Crippen LogP contribution in [0.4, 0.5) is 4.70 Å². The Balaban J connectivity index is 0. The van der Waals surface area contributed by atoms with E-state index in [-0.39, 0.29) is 177 Å². The predicted molar refractivity (Wildman–Crippen MR) is 16.1 cm³/mol. The molecule has 0 aromatic heterocycles. The Morgan fingerprint density at radius 1 is 1.12 bits per heavy atom. The van der Waals surface area contributed by atoms with Crippen molar-refractivity contribution in [3.05, 3.63) is 0 Å². The van der Waals surface area contributed by atoms with Crippen LogP contribution in [0.1, 0.15) is 8.85 Å². The summed E-state index contributed by atoms with van der Waals surface area (Å²) in [4.78, 5) is 0. The molecule has 0 aliphatic heterocycles. The molecule has 0 aliphatic rings. The molecule has 5 radical (unpaired) electrons. The maximum Gasteiger partial charge on any atom is 1.00 e. The van der Waals surface area contributed by atoms with Crippen molar-refractivity contribution < 1.29 is 161 Å². The largest absolute Gasteiger partial charge is 1.00 e. The Kier molecular flexibility index (Phi) is 534. The molecule has 0 unspecified atom stereocenters. The zero-order valence-electron chi connectivity index (χ0n) is 4.92. The maximum absolute atomic E-state index is 0. The van der Waals surface area contributed by atoms with Gasteiger partial charge in [0.1, 0.15) is 0 Å². The first-order chi connectivity index (χ1) is 0. The molecular formula is CH6BFKUVWY. The Hall–Kier alpha value is 5.06. The van der Waals surface area contributed by atoms with Crippen LogP contribution in [0.5, 0.6) is 0 Å². The van der Waals surface area contributed by atoms with Gasteiger partial charge in [-0.1, -0.05) is 7.43 Å². The Morgan fingerprint density at radius 2 is 1.12 bits per heavy atom. The van der Waals surface area contributed by atoms with Gasteiger partial charge < -0.3 is 1.43 Å². The number of rotatable bonds is 0. The third-order valence-electron chi connectivity index (χ3n) is 0. The zero-order chi connectivity index (χ0) is 0. The first-order valence-electron chi connectivity index (χ1n) is 0. The summed E-state index contributed by atoms with van der Waals surface area (Å²) >= 11 is 0. The van der Waals surface area contributed by atoms with Crippen LogP contribution in [-0.4, -0.2) is 8.41 Å². The third kappa shape index (κ3) is 43.7. The molecule has 7 heteroatoms. The van der Waals surface area contributed by atoms with E-state index in [1.165, 1.54) is 0 Å². The van der Waals surface area contributed by atoms with Crippen molar-refractivity contribution in [3.63, 3.8) is 0 Å². The molecule has 0 aliphatic carbocycles. The van der Waals surface area contributed by atoms with Crippen LogP contribution in [0.2, 0.25) is 0 Å². The Bertz CT molecular complexity index is 28.5. The van der Waals surface area contributed by atoms with E-state index >= 15 is 0 Å².